The zero-order valence-corrected chi connectivity index (χ0v) is 7.63. The molecule has 0 heterocycles. The summed E-state index contributed by atoms with van der Waals surface area (Å²) >= 11 is 0. The van der Waals surface area contributed by atoms with Crippen LogP contribution in [-0.4, -0.2) is 44.7 Å². The van der Waals surface area contributed by atoms with Crippen LogP contribution in [0.3, 0.4) is 0 Å². The zero-order chi connectivity index (χ0) is 9.61. The lowest BCUT2D eigenvalue weighted by Gasteiger charge is -1.99. The van der Waals surface area contributed by atoms with E-state index >= 15 is 0 Å². The third-order valence-corrected chi connectivity index (χ3v) is 2.74. The molecular formula is C6H12O5S. The van der Waals surface area contributed by atoms with Gasteiger partial charge in [0, 0.05) is 13.7 Å². The number of sulfone groups is 1. The molecule has 0 amide bonds. The fraction of sp³-hybridized carbons (Fsp3) is 0.833. The van der Waals surface area contributed by atoms with Crippen LogP contribution in [-0.2, 0) is 19.4 Å². The maximum atomic E-state index is 10.9. The molecule has 0 aromatic heterocycles. The van der Waals surface area contributed by atoms with Crippen LogP contribution in [0.5, 0.6) is 0 Å². The monoisotopic (exact) mass is 196 g/mol. The number of methoxy groups -OCH3 is 1. The summed E-state index contributed by atoms with van der Waals surface area (Å²) in [5.74, 6) is -2.24. The maximum Gasteiger partial charge on any atom is 0.318 e. The quantitative estimate of drug-likeness (QED) is 0.580. The molecular weight excluding hydrogens is 184 g/mol. The van der Waals surface area contributed by atoms with Crippen LogP contribution in [0.1, 0.15) is 6.42 Å². The lowest BCUT2D eigenvalue weighted by molar-refractivity contribution is -0.134. The minimum atomic E-state index is -3.43. The van der Waals surface area contributed by atoms with Crippen LogP contribution in [0.25, 0.3) is 0 Å². The molecule has 0 saturated heterocycles. The number of rotatable bonds is 6. The molecule has 0 saturated carbocycles. The van der Waals surface area contributed by atoms with Gasteiger partial charge in [0.05, 0.1) is 5.75 Å². The summed E-state index contributed by atoms with van der Waals surface area (Å²) in [6, 6.07) is 0. The Morgan fingerprint density at radius 2 is 2.08 bits per heavy atom. The Morgan fingerprint density at radius 3 is 2.50 bits per heavy atom. The molecule has 0 spiro atoms. The summed E-state index contributed by atoms with van der Waals surface area (Å²) in [7, 11) is -1.97. The number of ether oxygens (including phenoxy) is 1. The summed E-state index contributed by atoms with van der Waals surface area (Å²) in [6.45, 7) is 0.332. The van der Waals surface area contributed by atoms with E-state index in [1.165, 1.54) is 7.11 Å². The van der Waals surface area contributed by atoms with E-state index in [-0.39, 0.29) is 5.75 Å². The van der Waals surface area contributed by atoms with Crippen molar-refractivity contribution in [1.82, 2.24) is 0 Å². The molecule has 0 atom stereocenters. The van der Waals surface area contributed by atoms with Crippen molar-refractivity contribution < 1.29 is 23.1 Å². The van der Waals surface area contributed by atoms with E-state index < -0.39 is 21.6 Å². The van der Waals surface area contributed by atoms with Crippen molar-refractivity contribution in [3.8, 4) is 0 Å². The van der Waals surface area contributed by atoms with Crippen LogP contribution in [0.15, 0.2) is 0 Å². The Kier molecular flexibility index (Phi) is 4.84. The Hall–Kier alpha value is -0.620. The van der Waals surface area contributed by atoms with E-state index in [0.29, 0.717) is 13.0 Å². The Bertz CT molecular complexity index is 230. The highest BCUT2D eigenvalue weighted by Crippen LogP contribution is 1.94. The fourth-order valence-electron chi connectivity index (χ4n) is 0.683. The molecule has 0 aromatic carbocycles. The van der Waals surface area contributed by atoms with E-state index in [9.17, 15) is 13.2 Å². The van der Waals surface area contributed by atoms with Crippen molar-refractivity contribution in [2.24, 2.45) is 0 Å². The number of aliphatic carboxylic acids is 1. The van der Waals surface area contributed by atoms with Crippen LogP contribution in [0, 0.1) is 0 Å². The van der Waals surface area contributed by atoms with Crippen LogP contribution in [0.2, 0.25) is 0 Å². The van der Waals surface area contributed by atoms with E-state index in [1.54, 1.807) is 0 Å². The van der Waals surface area contributed by atoms with E-state index in [1.807, 2.05) is 0 Å². The first kappa shape index (κ1) is 11.4. The van der Waals surface area contributed by atoms with Crippen molar-refractivity contribution in [3.05, 3.63) is 0 Å². The number of hydrogen-bond donors (Lipinski definition) is 1. The highest BCUT2D eigenvalue weighted by atomic mass is 32.2. The largest absolute Gasteiger partial charge is 0.480 e. The van der Waals surface area contributed by atoms with Gasteiger partial charge in [0.1, 0.15) is 5.75 Å². The Morgan fingerprint density at radius 1 is 1.50 bits per heavy atom. The SMILES string of the molecule is COCCCS(=O)(=O)CC(=O)O. The molecule has 0 aromatic rings. The van der Waals surface area contributed by atoms with Gasteiger partial charge in [-0.1, -0.05) is 0 Å². The Labute approximate surface area is 71.3 Å². The minimum absolute atomic E-state index is 0.132. The smallest absolute Gasteiger partial charge is 0.318 e. The van der Waals surface area contributed by atoms with Crippen LogP contribution in [0.4, 0.5) is 0 Å². The van der Waals surface area contributed by atoms with Crippen molar-refractivity contribution in [2.75, 3.05) is 25.2 Å². The molecule has 0 fully saturated rings. The predicted octanol–water partition coefficient (Wildman–Crippen LogP) is -0.478. The molecule has 0 unspecified atom stereocenters. The highest BCUT2D eigenvalue weighted by molar-refractivity contribution is 7.92. The second-order valence-corrected chi connectivity index (χ2v) is 4.52. The van der Waals surface area contributed by atoms with Crippen molar-refractivity contribution in [1.29, 1.82) is 0 Å². The Balaban J connectivity index is 3.81. The number of carboxylic acid groups (broad SMARTS) is 1. The topological polar surface area (TPSA) is 80.7 Å². The van der Waals surface area contributed by atoms with E-state index in [4.69, 9.17) is 5.11 Å². The molecule has 0 rings (SSSR count). The average molecular weight is 196 g/mol. The minimum Gasteiger partial charge on any atom is -0.480 e. The van der Waals surface area contributed by atoms with Gasteiger partial charge in [-0.05, 0) is 6.42 Å². The highest BCUT2D eigenvalue weighted by Gasteiger charge is 2.14. The van der Waals surface area contributed by atoms with Crippen molar-refractivity contribution in [3.63, 3.8) is 0 Å². The first-order valence-electron chi connectivity index (χ1n) is 3.39. The summed E-state index contributed by atoms with van der Waals surface area (Å²) < 4.78 is 26.4. The second kappa shape index (κ2) is 5.10. The standard InChI is InChI=1S/C6H12O5S/c1-11-3-2-4-12(9,10)5-6(7)8/h2-5H2,1H3,(H,7,8). The molecule has 6 heteroatoms. The summed E-state index contributed by atoms with van der Waals surface area (Å²) in [4.78, 5) is 10.0. The average Bonchev–Trinajstić information content (AvgIpc) is 1.84. The van der Waals surface area contributed by atoms with Gasteiger partial charge in [0.2, 0.25) is 0 Å². The molecule has 0 aliphatic rings. The van der Waals surface area contributed by atoms with E-state index in [2.05, 4.69) is 4.74 Å². The number of carbonyl (C=O) groups is 1. The van der Waals surface area contributed by atoms with Gasteiger partial charge in [-0.3, -0.25) is 4.79 Å². The van der Waals surface area contributed by atoms with Gasteiger partial charge in [-0.25, -0.2) is 8.42 Å². The lowest BCUT2D eigenvalue weighted by atomic mass is 10.5. The van der Waals surface area contributed by atoms with Gasteiger partial charge < -0.3 is 9.84 Å². The molecule has 72 valence electrons. The first-order chi connectivity index (χ1) is 5.48. The zero-order valence-electron chi connectivity index (χ0n) is 6.82. The first-order valence-corrected chi connectivity index (χ1v) is 5.21. The lowest BCUT2D eigenvalue weighted by Crippen LogP contribution is -2.19. The molecule has 12 heavy (non-hydrogen) atoms. The summed E-state index contributed by atoms with van der Waals surface area (Å²) in [5, 5.41) is 8.20. The third kappa shape index (κ3) is 6.11. The normalized spacial score (nSPS) is 11.4. The number of carboxylic acids is 1. The van der Waals surface area contributed by atoms with E-state index in [0.717, 1.165) is 0 Å². The third-order valence-electron chi connectivity index (χ3n) is 1.15. The van der Waals surface area contributed by atoms with Crippen LogP contribution >= 0.6 is 0 Å². The molecule has 0 bridgehead atoms. The summed E-state index contributed by atoms with van der Waals surface area (Å²) in [6.07, 6.45) is 0.339. The second-order valence-electron chi connectivity index (χ2n) is 2.33. The number of hydrogen-bond acceptors (Lipinski definition) is 4. The van der Waals surface area contributed by atoms with Gasteiger partial charge >= 0.3 is 5.97 Å². The predicted molar refractivity (Wildman–Crippen MR) is 42.8 cm³/mol. The van der Waals surface area contributed by atoms with Gasteiger partial charge in [0.15, 0.2) is 9.84 Å². The maximum absolute atomic E-state index is 10.9. The van der Waals surface area contributed by atoms with Crippen LogP contribution < -0.4 is 0 Å². The molecule has 1 N–H and O–H groups in total. The fourth-order valence-corrected chi connectivity index (χ4v) is 1.76. The molecule has 0 aliphatic carbocycles. The van der Waals surface area contributed by atoms with Crippen molar-refractivity contribution >= 4 is 15.8 Å². The van der Waals surface area contributed by atoms with Crippen molar-refractivity contribution in [2.45, 2.75) is 6.42 Å². The van der Waals surface area contributed by atoms with Gasteiger partial charge in [-0.2, -0.15) is 0 Å². The molecule has 5 nitrogen and oxygen atoms in total. The molecule has 0 aliphatic heterocycles. The van der Waals surface area contributed by atoms with Gasteiger partial charge in [-0.15, -0.1) is 0 Å². The summed E-state index contributed by atoms with van der Waals surface area (Å²) in [5.41, 5.74) is 0. The molecule has 0 radical (unpaired) electrons. The van der Waals surface area contributed by atoms with Gasteiger partial charge in [0.25, 0.3) is 0 Å².